The van der Waals surface area contributed by atoms with Crippen LogP contribution in [-0.2, 0) is 9.59 Å². The van der Waals surface area contributed by atoms with Crippen LogP contribution in [0.25, 0.3) is 0 Å². The Balaban J connectivity index is 1.70. The van der Waals surface area contributed by atoms with Crippen LogP contribution >= 0.6 is 0 Å². The molecule has 6 atom stereocenters. The number of rotatable bonds is 1. The lowest BCUT2D eigenvalue weighted by Crippen LogP contribution is -2.48. The summed E-state index contributed by atoms with van der Waals surface area (Å²) >= 11 is 0. The fourth-order valence-electron chi connectivity index (χ4n) is 6.98. The molecule has 4 rings (SSSR count). The van der Waals surface area contributed by atoms with Gasteiger partial charge in [0.1, 0.15) is 11.6 Å². The molecule has 23 heavy (non-hydrogen) atoms. The molecule has 2 nitrogen and oxygen atoms in total. The molecule has 0 aromatic heterocycles. The SMILES string of the molecule is CC(=O)[C@H]1CCC2[C@@H]3CC[C@H]4CC(=O)CC[C@]4(C)C3=CC[C@@]21C. The molecule has 4 aliphatic rings. The van der Waals surface area contributed by atoms with Gasteiger partial charge in [-0.1, -0.05) is 25.5 Å². The van der Waals surface area contributed by atoms with Gasteiger partial charge in [0.15, 0.2) is 0 Å². The predicted octanol–water partition coefficient (Wildman–Crippen LogP) is 4.72. The Bertz CT molecular complexity index is 589. The monoisotopic (exact) mass is 314 g/mol. The van der Waals surface area contributed by atoms with E-state index in [9.17, 15) is 9.59 Å². The summed E-state index contributed by atoms with van der Waals surface area (Å²) in [6.45, 7) is 6.60. The van der Waals surface area contributed by atoms with E-state index in [-0.39, 0.29) is 16.7 Å². The molecule has 0 aromatic rings. The third-order valence-corrected chi connectivity index (χ3v) is 8.33. The third-order valence-electron chi connectivity index (χ3n) is 8.33. The van der Waals surface area contributed by atoms with Crippen molar-refractivity contribution in [1.82, 2.24) is 0 Å². The number of fused-ring (bicyclic) bond motifs is 5. The highest BCUT2D eigenvalue weighted by Gasteiger charge is 2.57. The molecule has 0 spiro atoms. The molecule has 2 heteroatoms. The molecule has 0 aromatic carbocycles. The van der Waals surface area contributed by atoms with Crippen LogP contribution in [0.1, 0.15) is 72.1 Å². The van der Waals surface area contributed by atoms with Gasteiger partial charge in [0.2, 0.25) is 0 Å². The number of allylic oxidation sites excluding steroid dienone is 2. The first kappa shape index (κ1) is 15.6. The summed E-state index contributed by atoms with van der Waals surface area (Å²) in [6.07, 6.45) is 11.0. The zero-order valence-electron chi connectivity index (χ0n) is 14.9. The van der Waals surface area contributed by atoms with Crippen LogP contribution in [-0.4, -0.2) is 11.6 Å². The Morgan fingerprint density at radius 2 is 1.96 bits per heavy atom. The summed E-state index contributed by atoms with van der Waals surface area (Å²) in [5, 5.41) is 0. The van der Waals surface area contributed by atoms with Gasteiger partial charge in [-0.15, -0.1) is 0 Å². The summed E-state index contributed by atoms with van der Waals surface area (Å²) in [6, 6.07) is 0. The Morgan fingerprint density at radius 1 is 1.17 bits per heavy atom. The van der Waals surface area contributed by atoms with E-state index >= 15 is 0 Å². The quantitative estimate of drug-likeness (QED) is 0.656. The molecule has 0 amide bonds. The van der Waals surface area contributed by atoms with Crippen molar-refractivity contribution >= 4 is 11.6 Å². The Kier molecular flexibility index (Phi) is 3.42. The van der Waals surface area contributed by atoms with E-state index < -0.39 is 0 Å². The molecular formula is C21H30O2. The van der Waals surface area contributed by atoms with Crippen molar-refractivity contribution < 1.29 is 9.59 Å². The van der Waals surface area contributed by atoms with Crippen LogP contribution < -0.4 is 0 Å². The normalized spacial score (nSPS) is 49.0. The van der Waals surface area contributed by atoms with Gasteiger partial charge in [0.25, 0.3) is 0 Å². The van der Waals surface area contributed by atoms with Crippen LogP contribution in [0, 0.1) is 34.5 Å². The summed E-state index contributed by atoms with van der Waals surface area (Å²) < 4.78 is 0. The maximum atomic E-state index is 12.1. The third kappa shape index (κ3) is 2.06. The molecule has 3 fully saturated rings. The molecule has 0 saturated heterocycles. The second-order valence-corrected chi connectivity index (χ2v) is 9.26. The molecule has 0 heterocycles. The molecule has 0 aliphatic heterocycles. The summed E-state index contributed by atoms with van der Waals surface area (Å²) in [4.78, 5) is 24.0. The van der Waals surface area contributed by atoms with Gasteiger partial charge in [-0.2, -0.15) is 0 Å². The van der Waals surface area contributed by atoms with Crippen LogP contribution in [0.2, 0.25) is 0 Å². The van der Waals surface area contributed by atoms with Gasteiger partial charge in [-0.25, -0.2) is 0 Å². The van der Waals surface area contributed by atoms with Crippen molar-refractivity contribution in [3.63, 3.8) is 0 Å². The summed E-state index contributed by atoms with van der Waals surface area (Å²) in [5.74, 6) is 3.07. The van der Waals surface area contributed by atoms with Crippen molar-refractivity contribution in [3.8, 4) is 0 Å². The lowest BCUT2D eigenvalue weighted by Gasteiger charge is -2.55. The minimum Gasteiger partial charge on any atom is -0.300 e. The first-order valence-corrected chi connectivity index (χ1v) is 9.59. The van der Waals surface area contributed by atoms with Gasteiger partial charge in [-0.05, 0) is 74.0 Å². The standard InChI is InChI=1S/C21H30O2/c1-13(22)17-6-7-18-16-5-4-14-12-15(23)8-10-20(14,2)19(16)9-11-21(17,18)3/h9,14,16-18H,4-8,10-12H2,1-3H3/t14-,16-,17+,18?,20-,21+/m0/s1. The first-order chi connectivity index (χ1) is 10.9. The van der Waals surface area contributed by atoms with Crippen molar-refractivity contribution in [2.24, 2.45) is 34.5 Å². The van der Waals surface area contributed by atoms with E-state index in [2.05, 4.69) is 19.9 Å². The Hall–Kier alpha value is -0.920. The number of Topliss-reactive ketones (excluding diaryl/α,β-unsaturated/α-hetero) is 2. The molecule has 4 aliphatic carbocycles. The lowest BCUT2D eigenvalue weighted by molar-refractivity contribution is -0.127. The van der Waals surface area contributed by atoms with Crippen LogP contribution in [0.3, 0.4) is 0 Å². The van der Waals surface area contributed by atoms with Crippen LogP contribution in [0.15, 0.2) is 11.6 Å². The number of hydrogen-bond donors (Lipinski definition) is 0. The average Bonchev–Trinajstić information content (AvgIpc) is 2.85. The van der Waals surface area contributed by atoms with E-state index in [1.807, 2.05) is 0 Å². The molecule has 0 radical (unpaired) electrons. The Labute approximate surface area is 140 Å². The fraction of sp³-hybridized carbons (Fsp3) is 0.810. The van der Waals surface area contributed by atoms with Crippen molar-refractivity contribution in [2.45, 2.75) is 72.1 Å². The average molecular weight is 314 g/mol. The van der Waals surface area contributed by atoms with Gasteiger partial charge in [-0.3, -0.25) is 9.59 Å². The molecule has 3 saturated carbocycles. The number of carbonyl (C=O) groups excluding carboxylic acids is 2. The molecule has 1 unspecified atom stereocenters. The second-order valence-electron chi connectivity index (χ2n) is 9.26. The van der Waals surface area contributed by atoms with Gasteiger partial charge >= 0.3 is 0 Å². The predicted molar refractivity (Wildman–Crippen MR) is 90.9 cm³/mol. The summed E-state index contributed by atoms with van der Waals surface area (Å²) in [7, 11) is 0. The number of ketones is 2. The van der Waals surface area contributed by atoms with Crippen LogP contribution in [0.5, 0.6) is 0 Å². The zero-order chi connectivity index (χ0) is 16.4. The number of carbonyl (C=O) groups is 2. The maximum Gasteiger partial charge on any atom is 0.133 e. The minimum absolute atomic E-state index is 0.188. The Morgan fingerprint density at radius 3 is 2.70 bits per heavy atom. The van der Waals surface area contributed by atoms with Gasteiger partial charge < -0.3 is 0 Å². The van der Waals surface area contributed by atoms with E-state index in [4.69, 9.17) is 0 Å². The smallest absolute Gasteiger partial charge is 0.133 e. The highest BCUT2D eigenvalue weighted by Crippen LogP contribution is 2.65. The van der Waals surface area contributed by atoms with Crippen LogP contribution in [0.4, 0.5) is 0 Å². The second kappa shape index (κ2) is 5.04. The highest BCUT2D eigenvalue weighted by atomic mass is 16.1. The highest BCUT2D eigenvalue weighted by molar-refractivity contribution is 5.80. The molecular weight excluding hydrogens is 284 g/mol. The summed E-state index contributed by atoms with van der Waals surface area (Å²) in [5.41, 5.74) is 2.12. The van der Waals surface area contributed by atoms with Gasteiger partial charge in [0.05, 0.1) is 0 Å². The van der Waals surface area contributed by atoms with Crippen molar-refractivity contribution in [1.29, 1.82) is 0 Å². The lowest BCUT2D eigenvalue weighted by atomic mass is 9.49. The van der Waals surface area contributed by atoms with Gasteiger partial charge in [0, 0.05) is 18.8 Å². The van der Waals surface area contributed by atoms with Crippen molar-refractivity contribution in [2.75, 3.05) is 0 Å². The van der Waals surface area contributed by atoms with E-state index in [1.165, 1.54) is 19.3 Å². The molecule has 126 valence electrons. The van der Waals surface area contributed by atoms with E-state index in [0.717, 1.165) is 32.1 Å². The fourth-order valence-corrected chi connectivity index (χ4v) is 6.98. The minimum atomic E-state index is 0.188. The molecule has 0 bridgehead atoms. The maximum absolute atomic E-state index is 12.1. The van der Waals surface area contributed by atoms with E-state index in [1.54, 1.807) is 12.5 Å². The van der Waals surface area contributed by atoms with Crippen molar-refractivity contribution in [3.05, 3.63) is 11.6 Å². The zero-order valence-corrected chi connectivity index (χ0v) is 14.9. The topological polar surface area (TPSA) is 34.1 Å². The van der Waals surface area contributed by atoms with E-state index in [0.29, 0.717) is 29.3 Å². The number of hydrogen-bond acceptors (Lipinski definition) is 2. The molecule has 0 N–H and O–H groups in total. The largest absolute Gasteiger partial charge is 0.300 e. The first-order valence-electron chi connectivity index (χ1n) is 9.59.